The number of rotatable bonds is 10. The second-order valence-corrected chi connectivity index (χ2v) is 8.91. The van der Waals surface area contributed by atoms with Crippen molar-refractivity contribution >= 4 is 27.6 Å². The molecule has 4 aromatic rings. The van der Waals surface area contributed by atoms with Gasteiger partial charge in [-0.2, -0.15) is 5.26 Å². The molecule has 0 aliphatic heterocycles. The lowest BCUT2D eigenvalue weighted by atomic mass is 10.0. The summed E-state index contributed by atoms with van der Waals surface area (Å²) in [6, 6.07) is 33.6. The summed E-state index contributed by atoms with van der Waals surface area (Å²) < 4.78 is 19.0. The Bertz CT molecular complexity index is 1360. The predicted octanol–water partition coefficient (Wildman–Crippen LogP) is 8.07. The molecule has 0 radical (unpaired) electrons. The molecule has 0 saturated heterocycles. The summed E-state index contributed by atoms with van der Waals surface area (Å²) >= 11 is 3.44. The minimum Gasteiger partial charge on any atom is -0.490 e. The molecule has 0 amide bonds. The minimum absolute atomic E-state index is 0.351. The molecule has 0 aliphatic carbocycles. The van der Waals surface area contributed by atoms with Crippen molar-refractivity contribution in [1.29, 1.82) is 5.26 Å². The average Bonchev–Trinajstić information content (AvgIpc) is 2.92. The number of hydrogen-bond acceptors (Lipinski definition) is 4. The van der Waals surface area contributed by atoms with Crippen molar-refractivity contribution in [3.63, 3.8) is 0 Å². The molecule has 0 saturated carbocycles. The molecule has 0 bridgehead atoms. The first-order valence-electron chi connectivity index (χ1n) is 11.7. The van der Waals surface area contributed by atoms with Crippen LogP contribution in [0.1, 0.15) is 29.2 Å². The molecule has 0 spiro atoms. The highest BCUT2D eigenvalue weighted by molar-refractivity contribution is 9.10. The zero-order chi connectivity index (χ0) is 25.2. The molecule has 180 valence electrons. The summed E-state index contributed by atoms with van der Waals surface area (Å²) in [4.78, 5) is 0. The molecular weight excluding hydrogens is 514 g/mol. The Morgan fingerprint density at radius 1 is 0.750 bits per heavy atom. The van der Waals surface area contributed by atoms with Gasteiger partial charge in [0.2, 0.25) is 0 Å². The second-order valence-electron chi connectivity index (χ2n) is 7.99. The van der Waals surface area contributed by atoms with E-state index in [1.165, 1.54) is 0 Å². The number of halogens is 1. The molecule has 0 unspecified atom stereocenters. The molecular formula is C31H26BrNO3. The van der Waals surface area contributed by atoms with Crippen LogP contribution in [0.5, 0.6) is 17.2 Å². The number of ether oxygens (including phenoxy) is 3. The van der Waals surface area contributed by atoms with Crippen molar-refractivity contribution in [1.82, 2.24) is 0 Å². The van der Waals surface area contributed by atoms with Gasteiger partial charge in [0.1, 0.15) is 19.0 Å². The van der Waals surface area contributed by atoms with Gasteiger partial charge in [-0.05, 0) is 60.0 Å². The third-order valence-corrected chi connectivity index (χ3v) is 5.96. The van der Waals surface area contributed by atoms with Crippen LogP contribution in [0.25, 0.3) is 11.6 Å². The van der Waals surface area contributed by atoms with Crippen molar-refractivity contribution < 1.29 is 14.2 Å². The van der Waals surface area contributed by atoms with E-state index in [0.717, 1.165) is 26.7 Å². The standard InChI is InChI=1S/C31H26BrNO3/c1-2-34-31-18-24(12-17-30(31)36-21-23-8-4-3-5-9-23)22-35-29-11-7-6-10-26(29)19-27(20-33)25-13-15-28(32)16-14-25/h3-19H,2,21-22H2,1H3/b27-19+. The van der Waals surface area contributed by atoms with Crippen molar-refractivity contribution in [2.75, 3.05) is 6.61 Å². The number of benzene rings is 4. The molecule has 4 nitrogen and oxygen atoms in total. The molecule has 36 heavy (non-hydrogen) atoms. The van der Waals surface area contributed by atoms with Crippen LogP contribution in [0, 0.1) is 11.3 Å². The zero-order valence-corrected chi connectivity index (χ0v) is 21.6. The van der Waals surface area contributed by atoms with E-state index in [4.69, 9.17) is 14.2 Å². The third kappa shape index (κ3) is 6.78. The second kappa shape index (κ2) is 12.6. The highest BCUT2D eigenvalue weighted by atomic mass is 79.9. The lowest BCUT2D eigenvalue weighted by molar-refractivity contribution is 0.267. The van der Waals surface area contributed by atoms with Gasteiger partial charge in [-0.3, -0.25) is 0 Å². The van der Waals surface area contributed by atoms with Crippen LogP contribution in [0.15, 0.2) is 102 Å². The topological polar surface area (TPSA) is 51.5 Å². The molecule has 0 fully saturated rings. The monoisotopic (exact) mass is 539 g/mol. The first-order valence-corrected chi connectivity index (χ1v) is 12.5. The van der Waals surface area contributed by atoms with Gasteiger partial charge < -0.3 is 14.2 Å². The highest BCUT2D eigenvalue weighted by Crippen LogP contribution is 2.31. The summed E-state index contributed by atoms with van der Waals surface area (Å²) in [5.74, 6) is 2.08. The van der Waals surface area contributed by atoms with Gasteiger partial charge in [0.15, 0.2) is 11.5 Å². The predicted molar refractivity (Wildman–Crippen MR) is 147 cm³/mol. The molecule has 0 heterocycles. The van der Waals surface area contributed by atoms with Gasteiger partial charge >= 0.3 is 0 Å². The van der Waals surface area contributed by atoms with Gasteiger partial charge in [0, 0.05) is 10.0 Å². The molecule has 4 rings (SSSR count). The Morgan fingerprint density at radius 3 is 2.19 bits per heavy atom. The van der Waals surface area contributed by atoms with E-state index in [1.807, 2.05) is 110 Å². The third-order valence-electron chi connectivity index (χ3n) is 5.43. The summed E-state index contributed by atoms with van der Waals surface area (Å²) in [5, 5.41) is 9.74. The fourth-order valence-corrected chi connectivity index (χ4v) is 3.89. The van der Waals surface area contributed by atoms with Crippen LogP contribution in [-0.2, 0) is 13.2 Å². The summed E-state index contributed by atoms with van der Waals surface area (Å²) in [6.45, 7) is 3.30. The number of nitrogens with zero attached hydrogens (tertiary/aromatic N) is 1. The Balaban J connectivity index is 1.49. The Morgan fingerprint density at radius 2 is 1.44 bits per heavy atom. The van der Waals surface area contributed by atoms with Gasteiger partial charge in [0.05, 0.1) is 18.2 Å². The van der Waals surface area contributed by atoms with Crippen molar-refractivity contribution in [3.8, 4) is 23.3 Å². The quantitative estimate of drug-likeness (QED) is 0.151. The van der Waals surface area contributed by atoms with Gasteiger partial charge in [-0.15, -0.1) is 0 Å². The van der Waals surface area contributed by atoms with Crippen molar-refractivity contribution in [3.05, 3.63) is 124 Å². The van der Waals surface area contributed by atoms with E-state index in [-0.39, 0.29) is 0 Å². The minimum atomic E-state index is 0.351. The summed E-state index contributed by atoms with van der Waals surface area (Å²) in [7, 11) is 0. The van der Waals surface area contributed by atoms with E-state index in [1.54, 1.807) is 0 Å². The van der Waals surface area contributed by atoms with Crippen LogP contribution >= 0.6 is 15.9 Å². The van der Waals surface area contributed by atoms with Gasteiger partial charge in [0.25, 0.3) is 0 Å². The Kier molecular flexibility index (Phi) is 8.80. The number of para-hydroxylation sites is 1. The number of allylic oxidation sites excluding steroid dienone is 1. The first-order chi connectivity index (χ1) is 17.7. The van der Waals surface area contributed by atoms with Crippen LogP contribution in [0.3, 0.4) is 0 Å². The smallest absolute Gasteiger partial charge is 0.161 e. The zero-order valence-electron chi connectivity index (χ0n) is 20.0. The van der Waals surface area contributed by atoms with Crippen molar-refractivity contribution in [2.45, 2.75) is 20.1 Å². The van der Waals surface area contributed by atoms with Crippen molar-refractivity contribution in [2.24, 2.45) is 0 Å². The maximum Gasteiger partial charge on any atom is 0.161 e. The largest absolute Gasteiger partial charge is 0.490 e. The summed E-state index contributed by atoms with van der Waals surface area (Å²) in [5.41, 5.74) is 4.31. The van der Waals surface area contributed by atoms with E-state index < -0.39 is 0 Å². The lowest BCUT2D eigenvalue weighted by Gasteiger charge is -2.15. The molecule has 0 N–H and O–H groups in total. The molecule has 0 aliphatic rings. The molecule has 0 aromatic heterocycles. The molecule has 0 atom stereocenters. The lowest BCUT2D eigenvalue weighted by Crippen LogP contribution is -2.02. The van der Waals surface area contributed by atoms with E-state index >= 15 is 0 Å². The number of nitriles is 1. The maximum atomic E-state index is 9.74. The fraction of sp³-hybridized carbons (Fsp3) is 0.129. The summed E-state index contributed by atoms with van der Waals surface area (Å²) in [6.07, 6.45) is 1.85. The maximum absolute atomic E-state index is 9.74. The van der Waals surface area contributed by atoms with Crippen LogP contribution in [0.4, 0.5) is 0 Å². The van der Waals surface area contributed by atoms with Gasteiger partial charge in [-0.1, -0.05) is 82.7 Å². The van der Waals surface area contributed by atoms with Crippen LogP contribution < -0.4 is 14.2 Å². The Hall–Kier alpha value is -4.01. The fourth-order valence-electron chi connectivity index (χ4n) is 3.62. The van der Waals surface area contributed by atoms with E-state index in [0.29, 0.717) is 42.6 Å². The molecule has 5 heteroatoms. The normalized spacial score (nSPS) is 11.0. The number of hydrogen-bond donors (Lipinski definition) is 0. The van der Waals surface area contributed by atoms with Crippen LogP contribution in [0.2, 0.25) is 0 Å². The van der Waals surface area contributed by atoms with E-state index in [9.17, 15) is 5.26 Å². The highest BCUT2D eigenvalue weighted by Gasteiger charge is 2.10. The van der Waals surface area contributed by atoms with Crippen LogP contribution in [-0.4, -0.2) is 6.61 Å². The van der Waals surface area contributed by atoms with E-state index in [2.05, 4.69) is 22.0 Å². The molecule has 4 aromatic carbocycles. The first kappa shape index (κ1) is 25.1. The SMILES string of the molecule is CCOc1cc(COc2ccccc2/C=C(\C#N)c2ccc(Br)cc2)ccc1OCc1ccccc1. The Labute approximate surface area is 220 Å². The average molecular weight is 540 g/mol. The van der Waals surface area contributed by atoms with Gasteiger partial charge in [-0.25, -0.2) is 0 Å².